The lowest BCUT2D eigenvalue weighted by atomic mass is 10.3. The van der Waals surface area contributed by atoms with Crippen molar-refractivity contribution in [3.63, 3.8) is 0 Å². The van der Waals surface area contributed by atoms with Crippen molar-refractivity contribution < 1.29 is 4.79 Å². The highest BCUT2D eigenvalue weighted by Gasteiger charge is 2.07. The molecule has 0 radical (unpaired) electrons. The smallest absolute Gasteiger partial charge is 0.149 e. The fraction of sp³-hybridized carbons (Fsp3) is 0.636. The van der Waals surface area contributed by atoms with Gasteiger partial charge in [-0.2, -0.15) is 11.8 Å². The monoisotopic (exact) mass is 243 g/mol. The second-order valence-electron chi connectivity index (χ2n) is 4.01. The van der Waals surface area contributed by atoms with Crippen LogP contribution in [0.15, 0.2) is 5.38 Å². The zero-order chi connectivity index (χ0) is 11.3. The Labute approximate surface area is 99.5 Å². The number of ketones is 1. The van der Waals surface area contributed by atoms with E-state index in [1.54, 1.807) is 23.1 Å². The fourth-order valence-electron chi connectivity index (χ4n) is 1.11. The van der Waals surface area contributed by atoms with Gasteiger partial charge in [-0.05, 0) is 18.6 Å². The van der Waals surface area contributed by atoms with Gasteiger partial charge in [0.2, 0.25) is 0 Å². The van der Waals surface area contributed by atoms with Gasteiger partial charge < -0.3 is 0 Å². The van der Waals surface area contributed by atoms with E-state index in [-0.39, 0.29) is 5.78 Å². The molecule has 0 fully saturated rings. The number of thioether (sulfide) groups is 1. The molecular formula is C11H17NOS2. The zero-order valence-corrected chi connectivity index (χ0v) is 11.1. The minimum absolute atomic E-state index is 0.287. The number of rotatable bonds is 6. The van der Waals surface area contributed by atoms with Crippen LogP contribution in [0.2, 0.25) is 0 Å². The van der Waals surface area contributed by atoms with Gasteiger partial charge in [0.15, 0.2) is 0 Å². The molecule has 0 aliphatic heterocycles. The molecule has 0 N–H and O–H groups in total. The average molecular weight is 243 g/mol. The first-order valence-corrected chi connectivity index (χ1v) is 7.12. The molecule has 1 aromatic rings. The van der Waals surface area contributed by atoms with Gasteiger partial charge in [-0.3, -0.25) is 4.79 Å². The Morgan fingerprint density at radius 3 is 2.87 bits per heavy atom. The summed E-state index contributed by atoms with van der Waals surface area (Å²) in [5, 5.41) is 2.94. The van der Waals surface area contributed by atoms with Crippen LogP contribution in [0.4, 0.5) is 0 Å². The van der Waals surface area contributed by atoms with Gasteiger partial charge >= 0.3 is 0 Å². The molecule has 0 bridgehead atoms. The molecule has 0 saturated heterocycles. The summed E-state index contributed by atoms with van der Waals surface area (Å²) in [4.78, 5) is 15.8. The van der Waals surface area contributed by atoms with Crippen LogP contribution >= 0.6 is 23.1 Å². The minimum Gasteiger partial charge on any atom is -0.298 e. The summed E-state index contributed by atoms with van der Waals surface area (Å²) in [6, 6.07) is 0. The summed E-state index contributed by atoms with van der Waals surface area (Å²) in [6.07, 6.45) is 0.504. The molecule has 1 heterocycles. The number of thiazole rings is 1. The normalized spacial score (nSPS) is 10.9. The van der Waals surface area contributed by atoms with E-state index >= 15 is 0 Å². The number of carbonyl (C=O) groups is 1. The van der Waals surface area contributed by atoms with E-state index < -0.39 is 0 Å². The van der Waals surface area contributed by atoms with Crippen molar-refractivity contribution >= 4 is 28.9 Å². The zero-order valence-electron chi connectivity index (χ0n) is 9.45. The molecular weight excluding hydrogens is 226 g/mol. The molecule has 15 heavy (non-hydrogen) atoms. The van der Waals surface area contributed by atoms with Gasteiger partial charge in [0.05, 0.1) is 12.2 Å². The molecule has 0 amide bonds. The van der Waals surface area contributed by atoms with Crippen molar-refractivity contribution in [1.82, 2.24) is 4.98 Å². The van der Waals surface area contributed by atoms with Gasteiger partial charge in [-0.15, -0.1) is 11.3 Å². The highest BCUT2D eigenvalue weighted by Crippen LogP contribution is 2.12. The standard InChI is InChI=1S/C11H17NOS2/c1-8(2)5-14-7-10(13)4-11-12-9(3)6-15-11/h6,8H,4-5,7H2,1-3H3. The topological polar surface area (TPSA) is 30.0 Å². The number of carbonyl (C=O) groups excluding carboxylic acids is 1. The van der Waals surface area contributed by atoms with E-state index in [4.69, 9.17) is 0 Å². The van der Waals surface area contributed by atoms with Gasteiger partial charge in [0, 0.05) is 11.1 Å². The average Bonchev–Trinajstić information content (AvgIpc) is 2.50. The number of nitrogens with zero attached hydrogens (tertiary/aromatic N) is 1. The summed E-state index contributed by atoms with van der Waals surface area (Å²) < 4.78 is 0. The highest BCUT2D eigenvalue weighted by molar-refractivity contribution is 7.99. The predicted molar refractivity (Wildman–Crippen MR) is 67.7 cm³/mol. The Kier molecular flexibility index (Phi) is 5.32. The summed E-state index contributed by atoms with van der Waals surface area (Å²) >= 11 is 3.30. The van der Waals surface area contributed by atoms with Crippen LogP contribution in [0.5, 0.6) is 0 Å². The lowest BCUT2D eigenvalue weighted by molar-refractivity contribution is -0.116. The van der Waals surface area contributed by atoms with Crippen molar-refractivity contribution in [1.29, 1.82) is 0 Å². The van der Waals surface area contributed by atoms with Gasteiger partial charge in [0.25, 0.3) is 0 Å². The Morgan fingerprint density at radius 2 is 2.33 bits per heavy atom. The molecule has 84 valence electrons. The molecule has 0 aromatic carbocycles. The van der Waals surface area contributed by atoms with Crippen molar-refractivity contribution in [3.05, 3.63) is 16.1 Å². The molecule has 0 aliphatic carbocycles. The molecule has 1 rings (SSSR count). The number of hydrogen-bond acceptors (Lipinski definition) is 4. The number of Topliss-reactive ketones (excluding diaryl/α,β-unsaturated/α-hetero) is 1. The molecule has 0 saturated carbocycles. The van der Waals surface area contributed by atoms with Gasteiger partial charge in [-0.25, -0.2) is 4.98 Å². The molecule has 0 aliphatic rings. The van der Waals surface area contributed by atoms with Crippen LogP contribution in [-0.2, 0) is 11.2 Å². The molecule has 1 aromatic heterocycles. The lowest BCUT2D eigenvalue weighted by Crippen LogP contribution is -2.07. The van der Waals surface area contributed by atoms with Crippen LogP contribution in [0.25, 0.3) is 0 Å². The third-order valence-electron chi connectivity index (χ3n) is 1.73. The number of hydrogen-bond donors (Lipinski definition) is 0. The fourth-order valence-corrected chi connectivity index (χ4v) is 2.83. The van der Waals surface area contributed by atoms with Crippen molar-refractivity contribution in [2.75, 3.05) is 11.5 Å². The molecule has 0 atom stereocenters. The largest absolute Gasteiger partial charge is 0.298 e. The van der Waals surface area contributed by atoms with Crippen LogP contribution in [0, 0.1) is 12.8 Å². The van der Waals surface area contributed by atoms with Crippen LogP contribution in [0.3, 0.4) is 0 Å². The molecule has 0 unspecified atom stereocenters. The number of aryl methyl sites for hydroxylation is 1. The van der Waals surface area contributed by atoms with E-state index in [0.29, 0.717) is 18.1 Å². The van der Waals surface area contributed by atoms with Crippen LogP contribution in [0.1, 0.15) is 24.5 Å². The third kappa shape index (κ3) is 5.33. The van der Waals surface area contributed by atoms with E-state index in [2.05, 4.69) is 18.8 Å². The van der Waals surface area contributed by atoms with E-state index in [1.165, 1.54) is 0 Å². The van der Waals surface area contributed by atoms with Crippen molar-refractivity contribution in [2.24, 2.45) is 5.92 Å². The van der Waals surface area contributed by atoms with Crippen LogP contribution < -0.4 is 0 Å². The predicted octanol–water partition coefficient (Wildman–Crippen LogP) is 2.95. The highest BCUT2D eigenvalue weighted by atomic mass is 32.2. The molecule has 2 nitrogen and oxygen atoms in total. The maximum atomic E-state index is 11.5. The Morgan fingerprint density at radius 1 is 1.60 bits per heavy atom. The van der Waals surface area contributed by atoms with Crippen molar-refractivity contribution in [3.8, 4) is 0 Å². The summed E-state index contributed by atoms with van der Waals surface area (Å²) in [5.41, 5.74) is 1.01. The maximum absolute atomic E-state index is 11.5. The summed E-state index contributed by atoms with van der Waals surface area (Å²) in [5.74, 6) is 2.62. The SMILES string of the molecule is Cc1csc(CC(=O)CSCC(C)C)n1. The second kappa shape index (κ2) is 6.28. The minimum atomic E-state index is 0.287. The first kappa shape index (κ1) is 12.7. The quantitative estimate of drug-likeness (QED) is 0.769. The Balaban J connectivity index is 2.24. The maximum Gasteiger partial charge on any atom is 0.149 e. The van der Waals surface area contributed by atoms with Gasteiger partial charge in [-0.1, -0.05) is 13.8 Å². The Hall–Kier alpha value is -0.350. The summed E-state index contributed by atoms with van der Waals surface area (Å²) in [7, 11) is 0. The van der Waals surface area contributed by atoms with Crippen molar-refractivity contribution in [2.45, 2.75) is 27.2 Å². The van der Waals surface area contributed by atoms with E-state index in [9.17, 15) is 4.79 Å². The first-order chi connectivity index (χ1) is 7.08. The third-order valence-corrected chi connectivity index (χ3v) is 4.12. The van der Waals surface area contributed by atoms with Crippen LogP contribution in [-0.4, -0.2) is 22.3 Å². The Bertz CT molecular complexity index is 320. The molecule has 4 heteroatoms. The first-order valence-electron chi connectivity index (χ1n) is 5.08. The molecule has 0 spiro atoms. The lowest BCUT2D eigenvalue weighted by Gasteiger charge is -2.02. The van der Waals surface area contributed by atoms with Gasteiger partial charge in [0.1, 0.15) is 10.8 Å². The van der Waals surface area contributed by atoms with E-state index in [0.717, 1.165) is 16.5 Å². The van der Waals surface area contributed by atoms with E-state index in [1.807, 2.05) is 12.3 Å². The number of aromatic nitrogens is 1. The summed E-state index contributed by atoms with van der Waals surface area (Å²) in [6.45, 7) is 6.29. The second-order valence-corrected chi connectivity index (χ2v) is 5.98.